The Morgan fingerprint density at radius 1 is 1.42 bits per heavy atom. The van der Waals surface area contributed by atoms with Crippen molar-refractivity contribution in [3.8, 4) is 6.07 Å². The molecule has 68 valence electrons. The van der Waals surface area contributed by atoms with Crippen LogP contribution < -0.4 is 0 Å². The van der Waals surface area contributed by atoms with Crippen LogP contribution in [0.5, 0.6) is 0 Å². The molecule has 0 amide bonds. The van der Waals surface area contributed by atoms with Gasteiger partial charge >= 0.3 is 0 Å². The standard InChI is InChI=1S/C9H15NO2/c1-4-9(6-10)11-7(2)5-8(3)12-9/h7-8H,4-5H2,1-3H3/t7-,8+,9?. The topological polar surface area (TPSA) is 42.2 Å². The molecule has 0 saturated carbocycles. The first-order chi connectivity index (χ1) is 5.62. The molecule has 3 nitrogen and oxygen atoms in total. The monoisotopic (exact) mass is 169 g/mol. The quantitative estimate of drug-likeness (QED) is 0.601. The van der Waals surface area contributed by atoms with Crippen LogP contribution in [0.3, 0.4) is 0 Å². The van der Waals surface area contributed by atoms with Crippen molar-refractivity contribution in [3.05, 3.63) is 0 Å². The maximum Gasteiger partial charge on any atom is 0.259 e. The predicted molar refractivity (Wildman–Crippen MR) is 44.3 cm³/mol. The Kier molecular flexibility index (Phi) is 2.71. The summed E-state index contributed by atoms with van der Waals surface area (Å²) in [5.41, 5.74) is 0. The second-order valence-corrected chi connectivity index (χ2v) is 3.31. The largest absolute Gasteiger partial charge is 0.335 e. The Labute approximate surface area is 73.3 Å². The van der Waals surface area contributed by atoms with E-state index in [4.69, 9.17) is 14.7 Å². The maximum atomic E-state index is 8.88. The highest BCUT2D eigenvalue weighted by Crippen LogP contribution is 2.28. The van der Waals surface area contributed by atoms with Gasteiger partial charge in [0.2, 0.25) is 0 Å². The summed E-state index contributed by atoms with van der Waals surface area (Å²) in [5.74, 6) is -0.989. The van der Waals surface area contributed by atoms with Gasteiger partial charge in [-0.25, -0.2) is 0 Å². The minimum Gasteiger partial charge on any atom is -0.335 e. The smallest absolute Gasteiger partial charge is 0.259 e. The average molecular weight is 169 g/mol. The van der Waals surface area contributed by atoms with Gasteiger partial charge in [-0.05, 0) is 20.3 Å². The van der Waals surface area contributed by atoms with E-state index in [1.54, 1.807) is 0 Å². The summed E-state index contributed by atoms with van der Waals surface area (Å²) >= 11 is 0. The number of hydrogen-bond acceptors (Lipinski definition) is 3. The van der Waals surface area contributed by atoms with Crippen molar-refractivity contribution in [1.29, 1.82) is 5.26 Å². The van der Waals surface area contributed by atoms with Crippen LogP contribution in [-0.4, -0.2) is 18.0 Å². The van der Waals surface area contributed by atoms with Crippen molar-refractivity contribution in [2.24, 2.45) is 0 Å². The summed E-state index contributed by atoms with van der Waals surface area (Å²) in [5, 5.41) is 8.88. The molecule has 0 aliphatic carbocycles. The molecule has 3 atom stereocenters. The summed E-state index contributed by atoms with van der Waals surface area (Å²) in [7, 11) is 0. The van der Waals surface area contributed by atoms with E-state index in [0.29, 0.717) is 6.42 Å². The molecule has 3 heteroatoms. The van der Waals surface area contributed by atoms with Gasteiger partial charge in [-0.1, -0.05) is 6.92 Å². The van der Waals surface area contributed by atoms with E-state index in [-0.39, 0.29) is 12.2 Å². The Morgan fingerprint density at radius 2 is 1.92 bits per heavy atom. The van der Waals surface area contributed by atoms with Crippen molar-refractivity contribution < 1.29 is 9.47 Å². The van der Waals surface area contributed by atoms with Crippen molar-refractivity contribution in [2.45, 2.75) is 51.6 Å². The molecule has 1 aliphatic rings. The number of ether oxygens (including phenoxy) is 2. The van der Waals surface area contributed by atoms with Gasteiger partial charge in [0.05, 0.1) is 12.2 Å². The SMILES string of the molecule is CCC1(C#N)O[C@H](C)C[C@H](C)O1. The Bertz CT molecular complexity index is 187. The summed E-state index contributed by atoms with van der Waals surface area (Å²) in [6, 6.07) is 2.08. The first kappa shape index (κ1) is 9.50. The van der Waals surface area contributed by atoms with Crippen LogP contribution in [0, 0.1) is 11.3 Å². The van der Waals surface area contributed by atoms with E-state index >= 15 is 0 Å². The molecule has 1 rings (SSSR count). The number of rotatable bonds is 1. The molecule has 1 fully saturated rings. The minimum absolute atomic E-state index is 0.119. The molecule has 0 bridgehead atoms. The van der Waals surface area contributed by atoms with Crippen molar-refractivity contribution in [1.82, 2.24) is 0 Å². The third kappa shape index (κ3) is 1.77. The van der Waals surface area contributed by atoms with Crippen LogP contribution in [0.1, 0.15) is 33.6 Å². The van der Waals surface area contributed by atoms with Crippen LogP contribution in [0.2, 0.25) is 0 Å². The lowest BCUT2D eigenvalue weighted by Crippen LogP contribution is -2.45. The van der Waals surface area contributed by atoms with Crippen molar-refractivity contribution >= 4 is 0 Å². The Hall–Kier alpha value is -0.590. The first-order valence-corrected chi connectivity index (χ1v) is 4.39. The zero-order valence-corrected chi connectivity index (χ0v) is 7.83. The fourth-order valence-corrected chi connectivity index (χ4v) is 1.54. The van der Waals surface area contributed by atoms with Gasteiger partial charge in [-0.3, -0.25) is 0 Å². The summed E-state index contributed by atoms with van der Waals surface area (Å²) in [6.45, 7) is 5.84. The summed E-state index contributed by atoms with van der Waals surface area (Å²) in [6.07, 6.45) is 1.68. The highest BCUT2D eigenvalue weighted by atomic mass is 16.7. The summed E-state index contributed by atoms with van der Waals surface area (Å²) in [4.78, 5) is 0. The Balaban J connectivity index is 2.71. The second-order valence-electron chi connectivity index (χ2n) is 3.31. The first-order valence-electron chi connectivity index (χ1n) is 4.39. The van der Waals surface area contributed by atoms with Crippen LogP contribution in [0.4, 0.5) is 0 Å². The molecule has 0 spiro atoms. The molecular formula is C9H15NO2. The molecule has 1 aliphatic heterocycles. The molecular weight excluding hydrogens is 154 g/mol. The predicted octanol–water partition coefficient (Wildman–Crippen LogP) is 1.83. The van der Waals surface area contributed by atoms with Gasteiger partial charge in [0, 0.05) is 6.42 Å². The van der Waals surface area contributed by atoms with E-state index < -0.39 is 5.79 Å². The molecule has 1 heterocycles. The van der Waals surface area contributed by atoms with Crippen LogP contribution >= 0.6 is 0 Å². The Morgan fingerprint density at radius 3 is 2.25 bits per heavy atom. The fraction of sp³-hybridized carbons (Fsp3) is 0.889. The molecule has 0 aromatic heterocycles. The van der Waals surface area contributed by atoms with Crippen LogP contribution in [0.25, 0.3) is 0 Å². The van der Waals surface area contributed by atoms with E-state index in [1.807, 2.05) is 20.8 Å². The van der Waals surface area contributed by atoms with Gasteiger partial charge in [-0.2, -0.15) is 5.26 Å². The van der Waals surface area contributed by atoms with E-state index in [2.05, 4.69) is 6.07 Å². The van der Waals surface area contributed by atoms with Gasteiger partial charge in [0.1, 0.15) is 6.07 Å². The zero-order valence-electron chi connectivity index (χ0n) is 7.83. The van der Waals surface area contributed by atoms with E-state index in [9.17, 15) is 0 Å². The zero-order chi connectivity index (χ0) is 9.19. The van der Waals surface area contributed by atoms with Gasteiger partial charge in [0.25, 0.3) is 5.79 Å². The number of hydrogen-bond donors (Lipinski definition) is 0. The number of nitrogens with zero attached hydrogens (tertiary/aromatic N) is 1. The second kappa shape index (κ2) is 3.42. The molecule has 1 unspecified atom stereocenters. The number of nitriles is 1. The highest BCUT2D eigenvalue weighted by Gasteiger charge is 2.38. The van der Waals surface area contributed by atoms with Crippen molar-refractivity contribution in [3.63, 3.8) is 0 Å². The van der Waals surface area contributed by atoms with Crippen molar-refractivity contribution in [2.75, 3.05) is 0 Å². The van der Waals surface area contributed by atoms with Gasteiger partial charge in [0.15, 0.2) is 0 Å². The lowest BCUT2D eigenvalue weighted by Gasteiger charge is -2.37. The fourth-order valence-electron chi connectivity index (χ4n) is 1.54. The molecule has 12 heavy (non-hydrogen) atoms. The van der Waals surface area contributed by atoms with Crippen LogP contribution in [-0.2, 0) is 9.47 Å². The maximum absolute atomic E-state index is 8.88. The molecule has 0 aromatic rings. The third-order valence-corrected chi connectivity index (χ3v) is 2.08. The minimum atomic E-state index is -0.989. The van der Waals surface area contributed by atoms with E-state index in [1.165, 1.54) is 0 Å². The normalized spacial score (nSPS) is 42.2. The summed E-state index contributed by atoms with van der Waals surface area (Å²) < 4.78 is 10.9. The lowest BCUT2D eigenvalue weighted by molar-refractivity contribution is -0.281. The molecule has 0 aromatic carbocycles. The average Bonchev–Trinajstić information content (AvgIpc) is 2.02. The molecule has 0 radical (unpaired) electrons. The third-order valence-electron chi connectivity index (χ3n) is 2.08. The van der Waals surface area contributed by atoms with Gasteiger partial charge in [-0.15, -0.1) is 0 Å². The van der Waals surface area contributed by atoms with Crippen LogP contribution in [0.15, 0.2) is 0 Å². The van der Waals surface area contributed by atoms with Gasteiger partial charge < -0.3 is 9.47 Å². The van der Waals surface area contributed by atoms with E-state index in [0.717, 1.165) is 6.42 Å². The lowest BCUT2D eigenvalue weighted by atomic mass is 10.1. The molecule has 1 saturated heterocycles. The highest BCUT2D eigenvalue weighted by molar-refractivity contribution is 4.96. The molecule has 0 N–H and O–H groups in total.